The van der Waals surface area contributed by atoms with Gasteiger partial charge < -0.3 is 27.4 Å². The highest BCUT2D eigenvalue weighted by Crippen LogP contribution is 2.32. The maximum atomic E-state index is 13.1. The number of nitrogens with zero attached hydrogens (tertiary/aromatic N) is 1. The monoisotopic (exact) mass is 492 g/mol. The molecular formula is C23H27F3N6O3. The fourth-order valence-electron chi connectivity index (χ4n) is 3.83. The lowest BCUT2D eigenvalue weighted by atomic mass is 10.1. The van der Waals surface area contributed by atoms with Crippen LogP contribution >= 0.6 is 0 Å². The van der Waals surface area contributed by atoms with Crippen molar-refractivity contribution in [3.63, 3.8) is 0 Å². The van der Waals surface area contributed by atoms with Crippen LogP contribution in [0.15, 0.2) is 36.4 Å². The van der Waals surface area contributed by atoms with E-state index in [1.165, 1.54) is 0 Å². The van der Waals surface area contributed by atoms with Crippen LogP contribution < -0.4 is 27.4 Å². The first kappa shape index (κ1) is 25.8. The highest BCUT2D eigenvalue weighted by atomic mass is 19.4. The van der Waals surface area contributed by atoms with Crippen molar-refractivity contribution in [3.8, 4) is 0 Å². The Hall–Kier alpha value is -3.80. The van der Waals surface area contributed by atoms with Gasteiger partial charge in [0.25, 0.3) is 5.91 Å². The fraction of sp³-hybridized carbons (Fsp3) is 0.348. The van der Waals surface area contributed by atoms with Crippen molar-refractivity contribution in [2.75, 3.05) is 30.7 Å². The van der Waals surface area contributed by atoms with Gasteiger partial charge in [-0.25, -0.2) is 4.79 Å². The summed E-state index contributed by atoms with van der Waals surface area (Å²) >= 11 is 0. The Morgan fingerprint density at radius 3 is 2.54 bits per heavy atom. The lowest BCUT2D eigenvalue weighted by Crippen LogP contribution is -2.43. The third kappa shape index (κ3) is 7.09. The van der Waals surface area contributed by atoms with E-state index in [4.69, 9.17) is 11.5 Å². The molecular weight excluding hydrogens is 465 g/mol. The Morgan fingerprint density at radius 1 is 1.14 bits per heavy atom. The van der Waals surface area contributed by atoms with Gasteiger partial charge in [-0.15, -0.1) is 0 Å². The van der Waals surface area contributed by atoms with Crippen molar-refractivity contribution >= 4 is 29.2 Å². The number of rotatable bonds is 7. The second-order valence-corrected chi connectivity index (χ2v) is 8.41. The number of hydrogen-bond donors (Lipinski definition) is 5. The third-order valence-electron chi connectivity index (χ3n) is 5.65. The molecule has 2 aromatic rings. The number of likely N-dealkylation sites (tertiary alicyclic amines) is 1. The molecule has 0 aliphatic carbocycles. The van der Waals surface area contributed by atoms with Crippen LogP contribution in [0.3, 0.4) is 0 Å². The lowest BCUT2D eigenvalue weighted by molar-refractivity contribution is -0.137. The highest BCUT2D eigenvalue weighted by Gasteiger charge is 2.32. The van der Waals surface area contributed by atoms with Crippen LogP contribution in [0.4, 0.5) is 29.3 Å². The summed E-state index contributed by atoms with van der Waals surface area (Å²) in [5, 5.41) is 7.21. The van der Waals surface area contributed by atoms with E-state index in [9.17, 15) is 27.6 Å². The number of anilines is 2. The van der Waals surface area contributed by atoms with Gasteiger partial charge in [0.1, 0.15) is 0 Å². The van der Waals surface area contributed by atoms with E-state index in [1.54, 1.807) is 0 Å². The number of carbonyl (C=O) groups is 3. The quantitative estimate of drug-likeness (QED) is 0.377. The van der Waals surface area contributed by atoms with Crippen molar-refractivity contribution in [2.24, 2.45) is 5.73 Å². The molecule has 1 aliphatic rings. The van der Waals surface area contributed by atoms with Gasteiger partial charge in [0.2, 0.25) is 5.91 Å². The van der Waals surface area contributed by atoms with Crippen LogP contribution in [0.5, 0.6) is 0 Å². The molecule has 1 heterocycles. The van der Waals surface area contributed by atoms with Crippen molar-refractivity contribution in [3.05, 3.63) is 58.7 Å². The van der Waals surface area contributed by atoms with Gasteiger partial charge in [0.05, 0.1) is 23.4 Å². The van der Waals surface area contributed by atoms with E-state index < -0.39 is 41.7 Å². The van der Waals surface area contributed by atoms with Crippen LogP contribution in [0, 0.1) is 6.92 Å². The zero-order valence-corrected chi connectivity index (χ0v) is 19.0. The molecule has 1 atom stereocenters. The SMILES string of the molecule is Cc1ccc(CN2CC[C@@H](NC(=O)CNC(=O)c3cc(C(F)(F)F)ccc3NC(N)=O)C2)cc1N. The molecule has 2 aromatic carbocycles. The zero-order valence-electron chi connectivity index (χ0n) is 19.0. The van der Waals surface area contributed by atoms with Crippen LogP contribution in [0.2, 0.25) is 0 Å². The molecule has 188 valence electrons. The number of carbonyl (C=O) groups excluding carboxylic acids is 3. The molecule has 35 heavy (non-hydrogen) atoms. The molecule has 1 saturated heterocycles. The number of alkyl halides is 3. The smallest absolute Gasteiger partial charge is 0.399 e. The van der Waals surface area contributed by atoms with Gasteiger partial charge in [0, 0.05) is 31.4 Å². The average Bonchev–Trinajstić information content (AvgIpc) is 3.20. The predicted molar refractivity (Wildman–Crippen MR) is 124 cm³/mol. The fourth-order valence-corrected chi connectivity index (χ4v) is 3.83. The normalized spacial score (nSPS) is 16.1. The molecule has 12 heteroatoms. The molecule has 3 rings (SSSR count). The second kappa shape index (κ2) is 10.6. The Labute approximate surface area is 200 Å². The lowest BCUT2D eigenvalue weighted by Gasteiger charge is -2.18. The minimum Gasteiger partial charge on any atom is -0.399 e. The maximum absolute atomic E-state index is 13.1. The van der Waals surface area contributed by atoms with Gasteiger partial charge in [0.15, 0.2) is 0 Å². The summed E-state index contributed by atoms with van der Waals surface area (Å²) in [6, 6.07) is 6.93. The first-order chi connectivity index (χ1) is 16.4. The average molecular weight is 493 g/mol. The number of urea groups is 1. The van der Waals surface area contributed by atoms with Gasteiger partial charge in [-0.2, -0.15) is 13.2 Å². The molecule has 4 amide bonds. The predicted octanol–water partition coefficient (Wildman–Crippen LogP) is 2.21. The van der Waals surface area contributed by atoms with Gasteiger partial charge >= 0.3 is 12.2 Å². The first-order valence-corrected chi connectivity index (χ1v) is 10.8. The zero-order chi connectivity index (χ0) is 25.8. The number of halogens is 3. The largest absolute Gasteiger partial charge is 0.416 e. The van der Waals surface area contributed by atoms with Crippen molar-refractivity contribution < 1.29 is 27.6 Å². The number of benzene rings is 2. The summed E-state index contributed by atoms with van der Waals surface area (Å²) in [6.45, 7) is 3.53. The molecule has 1 fully saturated rings. The van der Waals surface area contributed by atoms with Crippen LogP contribution in [0.1, 0.15) is 33.5 Å². The summed E-state index contributed by atoms with van der Waals surface area (Å²) in [4.78, 5) is 38.2. The summed E-state index contributed by atoms with van der Waals surface area (Å²) in [5.41, 5.74) is 12.0. The summed E-state index contributed by atoms with van der Waals surface area (Å²) in [7, 11) is 0. The number of nitrogens with one attached hydrogen (secondary N) is 3. The summed E-state index contributed by atoms with van der Waals surface area (Å²) in [6.07, 6.45) is -3.99. The number of aryl methyl sites for hydroxylation is 1. The second-order valence-electron chi connectivity index (χ2n) is 8.41. The summed E-state index contributed by atoms with van der Waals surface area (Å²) in [5.74, 6) is -1.44. The Bertz CT molecular complexity index is 1120. The van der Waals surface area contributed by atoms with Gasteiger partial charge in [-0.05, 0) is 48.7 Å². The molecule has 0 radical (unpaired) electrons. The topological polar surface area (TPSA) is 143 Å². The molecule has 0 spiro atoms. The van der Waals surface area contributed by atoms with E-state index in [1.807, 2.05) is 25.1 Å². The Balaban J connectivity index is 1.54. The molecule has 0 saturated carbocycles. The number of primary amides is 1. The van der Waals surface area contributed by atoms with Crippen molar-refractivity contribution in [1.29, 1.82) is 0 Å². The standard InChI is InChI=1S/C23H27F3N6O3/c1-13-2-3-14(8-18(13)27)11-32-7-6-16(12-32)30-20(33)10-29-21(34)17-9-15(23(24,25)26)4-5-19(17)31-22(28)35/h2-5,8-9,16H,6-7,10-12,27H2,1H3,(H,29,34)(H,30,33)(H3,28,31,35)/t16-/m1/s1. The van der Waals surface area contributed by atoms with Crippen LogP contribution in [0.25, 0.3) is 0 Å². The third-order valence-corrected chi connectivity index (χ3v) is 5.65. The van der Waals surface area contributed by atoms with Crippen LogP contribution in [-0.2, 0) is 17.5 Å². The number of amides is 4. The van der Waals surface area contributed by atoms with Crippen molar-refractivity contribution in [1.82, 2.24) is 15.5 Å². The minimum absolute atomic E-state index is 0.136. The molecule has 7 N–H and O–H groups in total. The van der Waals surface area contributed by atoms with Crippen LogP contribution in [-0.4, -0.2) is 48.4 Å². The molecule has 0 bridgehead atoms. The van der Waals surface area contributed by atoms with Gasteiger partial charge in [-0.1, -0.05) is 12.1 Å². The van der Waals surface area contributed by atoms with E-state index in [0.717, 1.165) is 29.4 Å². The highest BCUT2D eigenvalue weighted by molar-refractivity contribution is 6.04. The van der Waals surface area contributed by atoms with E-state index in [0.29, 0.717) is 31.6 Å². The van der Waals surface area contributed by atoms with Crippen molar-refractivity contribution in [2.45, 2.75) is 32.1 Å². The Kier molecular flexibility index (Phi) is 7.85. The molecule has 1 aliphatic heterocycles. The molecule has 0 aromatic heterocycles. The molecule has 9 nitrogen and oxygen atoms in total. The first-order valence-electron chi connectivity index (χ1n) is 10.8. The summed E-state index contributed by atoms with van der Waals surface area (Å²) < 4.78 is 39.2. The number of nitrogens with two attached hydrogens (primary N) is 2. The number of nitrogen functional groups attached to an aromatic ring is 1. The minimum atomic E-state index is -4.70. The van der Waals surface area contributed by atoms with E-state index in [2.05, 4.69) is 20.9 Å². The Morgan fingerprint density at radius 2 is 1.89 bits per heavy atom. The van der Waals surface area contributed by atoms with E-state index in [-0.39, 0.29) is 11.7 Å². The van der Waals surface area contributed by atoms with E-state index >= 15 is 0 Å². The maximum Gasteiger partial charge on any atom is 0.416 e. The number of hydrogen-bond acceptors (Lipinski definition) is 5. The van der Waals surface area contributed by atoms with Gasteiger partial charge in [-0.3, -0.25) is 14.5 Å². The molecule has 0 unspecified atom stereocenters.